The summed E-state index contributed by atoms with van der Waals surface area (Å²) in [7, 11) is 0. The van der Waals surface area contributed by atoms with Gasteiger partial charge < -0.3 is 14.8 Å². The van der Waals surface area contributed by atoms with Gasteiger partial charge in [0, 0.05) is 19.4 Å². The molecule has 1 aromatic carbocycles. The van der Waals surface area contributed by atoms with E-state index in [0.717, 1.165) is 35.6 Å². The molecule has 2 amide bonds. The van der Waals surface area contributed by atoms with Crippen molar-refractivity contribution in [2.24, 2.45) is 27.2 Å². The van der Waals surface area contributed by atoms with Gasteiger partial charge in [0.25, 0.3) is 5.91 Å². The zero-order valence-corrected chi connectivity index (χ0v) is 20.1. The van der Waals surface area contributed by atoms with Crippen LogP contribution in [-0.4, -0.2) is 29.5 Å². The average Bonchev–Trinajstić information content (AvgIpc) is 3.38. The third-order valence-electron chi connectivity index (χ3n) is 6.83. The third kappa shape index (κ3) is 4.58. The van der Waals surface area contributed by atoms with Gasteiger partial charge in [-0.15, -0.1) is 0 Å². The maximum Gasteiger partial charge on any atom is 0.261 e. The van der Waals surface area contributed by atoms with E-state index in [-0.39, 0.29) is 36.4 Å². The molecule has 33 heavy (non-hydrogen) atoms. The van der Waals surface area contributed by atoms with Gasteiger partial charge in [-0.1, -0.05) is 38.6 Å². The summed E-state index contributed by atoms with van der Waals surface area (Å²) in [6.45, 7) is 7.49. The Kier molecular flexibility index (Phi) is 5.80. The van der Waals surface area contributed by atoms with E-state index >= 15 is 0 Å². The zero-order valence-electron chi connectivity index (χ0n) is 19.3. The van der Waals surface area contributed by atoms with Gasteiger partial charge in [-0.05, 0) is 58.8 Å². The molecule has 2 unspecified atom stereocenters. The van der Waals surface area contributed by atoms with E-state index < -0.39 is 0 Å². The molecule has 2 atom stereocenters. The molecule has 0 spiro atoms. The van der Waals surface area contributed by atoms with Crippen molar-refractivity contribution in [2.45, 2.75) is 59.4 Å². The van der Waals surface area contributed by atoms with Crippen LogP contribution in [0.3, 0.4) is 0 Å². The topological polar surface area (TPSA) is 89.3 Å². The number of rotatable bonds is 5. The Bertz CT molecular complexity index is 1100. The molecule has 0 saturated carbocycles. The van der Waals surface area contributed by atoms with Gasteiger partial charge in [0.2, 0.25) is 12.7 Å². The number of allylic oxidation sites excluding steroid dienone is 1. The lowest BCUT2D eigenvalue weighted by Gasteiger charge is -2.34. The third-order valence-corrected chi connectivity index (χ3v) is 8.04. The highest BCUT2D eigenvalue weighted by atomic mass is 32.2. The SMILES string of the molecule is CC(C)(C)C1CCC2=C(C1)SC1=NC(CCC(=O)NCc3ccc4c(c3)OCO4)=NC(=O)C12. The Morgan fingerprint density at radius 1 is 1.21 bits per heavy atom. The first-order valence-corrected chi connectivity index (χ1v) is 12.3. The van der Waals surface area contributed by atoms with E-state index in [0.29, 0.717) is 30.5 Å². The molecule has 0 bridgehead atoms. The molecular formula is C25H29N3O4S. The minimum absolute atomic E-state index is 0.102. The highest BCUT2D eigenvalue weighted by molar-refractivity contribution is 8.17. The van der Waals surface area contributed by atoms with Crippen molar-refractivity contribution >= 4 is 34.5 Å². The van der Waals surface area contributed by atoms with Crippen molar-refractivity contribution in [3.63, 3.8) is 0 Å². The van der Waals surface area contributed by atoms with Gasteiger partial charge in [-0.2, -0.15) is 4.99 Å². The van der Waals surface area contributed by atoms with E-state index in [1.165, 1.54) is 10.5 Å². The van der Waals surface area contributed by atoms with Gasteiger partial charge >= 0.3 is 0 Å². The normalized spacial score (nSPS) is 23.7. The molecule has 0 fully saturated rings. The molecule has 3 heterocycles. The first-order valence-electron chi connectivity index (χ1n) is 11.5. The van der Waals surface area contributed by atoms with Crippen LogP contribution < -0.4 is 14.8 Å². The molecule has 4 aliphatic rings. The monoisotopic (exact) mass is 467 g/mol. The van der Waals surface area contributed by atoms with Crippen molar-refractivity contribution in [3.05, 3.63) is 34.2 Å². The summed E-state index contributed by atoms with van der Waals surface area (Å²) in [5.41, 5.74) is 2.43. The molecular weight excluding hydrogens is 438 g/mol. The highest BCUT2D eigenvalue weighted by Gasteiger charge is 2.43. The number of benzene rings is 1. The number of thioether (sulfide) groups is 1. The zero-order chi connectivity index (χ0) is 23.2. The van der Waals surface area contributed by atoms with Gasteiger partial charge in [0.15, 0.2) is 11.5 Å². The first kappa shape index (κ1) is 22.2. The van der Waals surface area contributed by atoms with Gasteiger partial charge in [-0.3, -0.25) is 9.59 Å². The highest BCUT2D eigenvalue weighted by Crippen LogP contribution is 2.52. The van der Waals surface area contributed by atoms with E-state index in [9.17, 15) is 9.59 Å². The number of nitrogens with one attached hydrogen (secondary N) is 1. The van der Waals surface area contributed by atoms with Crippen LogP contribution in [0.4, 0.5) is 0 Å². The van der Waals surface area contributed by atoms with Crippen molar-refractivity contribution in [1.29, 1.82) is 0 Å². The summed E-state index contributed by atoms with van der Waals surface area (Å²) in [5, 5.41) is 3.76. The minimum atomic E-state index is -0.283. The standard InChI is InChI=1S/C25H29N3O4S/c1-25(2,3)15-5-6-16-19(11-15)33-24-22(16)23(30)27-20(28-24)8-9-21(29)26-12-14-4-7-17-18(10-14)32-13-31-17/h4,7,10,15,22H,5-6,8-9,11-13H2,1-3H3,(H,26,29). The Morgan fingerprint density at radius 2 is 2.03 bits per heavy atom. The number of amides is 2. The van der Waals surface area contributed by atoms with E-state index in [2.05, 4.69) is 31.1 Å². The molecule has 0 aromatic heterocycles. The quantitative estimate of drug-likeness (QED) is 0.683. The minimum Gasteiger partial charge on any atom is -0.454 e. The van der Waals surface area contributed by atoms with E-state index in [4.69, 9.17) is 14.5 Å². The largest absolute Gasteiger partial charge is 0.454 e. The lowest BCUT2D eigenvalue weighted by atomic mass is 9.71. The van der Waals surface area contributed by atoms with Crippen LogP contribution >= 0.6 is 11.8 Å². The molecule has 1 aliphatic carbocycles. The predicted molar refractivity (Wildman–Crippen MR) is 128 cm³/mol. The fourth-order valence-corrected chi connectivity index (χ4v) is 6.18. The number of hydrogen-bond donors (Lipinski definition) is 1. The number of nitrogens with zero attached hydrogens (tertiary/aromatic N) is 2. The van der Waals surface area contributed by atoms with Crippen molar-refractivity contribution in [3.8, 4) is 11.5 Å². The smallest absolute Gasteiger partial charge is 0.261 e. The number of aliphatic imine (C=N–C) groups is 2. The van der Waals surface area contributed by atoms with Crippen LogP contribution in [0.25, 0.3) is 0 Å². The van der Waals surface area contributed by atoms with Crippen molar-refractivity contribution < 1.29 is 19.1 Å². The van der Waals surface area contributed by atoms with Crippen LogP contribution in [0.1, 0.15) is 58.4 Å². The Hall–Kier alpha value is -2.61. The van der Waals surface area contributed by atoms with Crippen LogP contribution in [-0.2, 0) is 16.1 Å². The van der Waals surface area contributed by atoms with Crippen LogP contribution in [0.5, 0.6) is 11.5 Å². The number of ether oxygens (including phenoxy) is 2. The summed E-state index contributed by atoms with van der Waals surface area (Å²) < 4.78 is 10.7. The lowest BCUT2D eigenvalue weighted by molar-refractivity contribution is -0.121. The summed E-state index contributed by atoms with van der Waals surface area (Å²) >= 11 is 1.66. The van der Waals surface area contributed by atoms with Crippen LogP contribution in [0.15, 0.2) is 38.7 Å². The molecule has 1 N–H and O–H groups in total. The number of amidine groups is 1. The lowest BCUT2D eigenvalue weighted by Crippen LogP contribution is -2.28. The second-order valence-corrected chi connectivity index (χ2v) is 11.2. The van der Waals surface area contributed by atoms with E-state index in [1.54, 1.807) is 11.8 Å². The predicted octanol–water partition coefficient (Wildman–Crippen LogP) is 4.61. The number of fused-ring (bicyclic) bond motifs is 3. The summed E-state index contributed by atoms with van der Waals surface area (Å²) in [6, 6.07) is 5.62. The maximum absolute atomic E-state index is 12.8. The summed E-state index contributed by atoms with van der Waals surface area (Å²) in [6.07, 6.45) is 3.67. The molecule has 0 radical (unpaired) electrons. The van der Waals surface area contributed by atoms with Gasteiger partial charge in [0.05, 0.1) is 5.04 Å². The first-order chi connectivity index (χ1) is 15.8. The van der Waals surface area contributed by atoms with Gasteiger partial charge in [0.1, 0.15) is 11.8 Å². The molecule has 8 heteroatoms. The molecule has 3 aliphatic heterocycles. The Balaban J connectivity index is 1.15. The number of carbonyl (C=O) groups is 2. The maximum atomic E-state index is 12.8. The van der Waals surface area contributed by atoms with Crippen LogP contribution in [0, 0.1) is 17.3 Å². The summed E-state index contributed by atoms with van der Waals surface area (Å²) in [4.78, 5) is 35.5. The number of hydrogen-bond acceptors (Lipinski definition) is 6. The van der Waals surface area contributed by atoms with Gasteiger partial charge in [-0.25, -0.2) is 4.99 Å². The van der Waals surface area contributed by atoms with E-state index in [1.807, 2.05) is 18.2 Å². The Morgan fingerprint density at radius 3 is 2.85 bits per heavy atom. The fourth-order valence-electron chi connectivity index (χ4n) is 4.78. The second-order valence-electron chi connectivity index (χ2n) is 10.1. The second kappa shape index (κ2) is 8.63. The Labute approximate surface area is 198 Å². The number of carbonyl (C=O) groups excluding carboxylic acids is 2. The molecule has 7 nitrogen and oxygen atoms in total. The summed E-state index contributed by atoms with van der Waals surface area (Å²) in [5.74, 6) is 1.99. The molecule has 174 valence electrons. The van der Waals surface area contributed by atoms with Crippen molar-refractivity contribution in [1.82, 2.24) is 5.32 Å². The molecule has 0 saturated heterocycles. The molecule has 5 rings (SSSR count). The van der Waals surface area contributed by atoms with Crippen LogP contribution in [0.2, 0.25) is 0 Å². The average molecular weight is 468 g/mol. The molecule has 1 aromatic rings. The van der Waals surface area contributed by atoms with Crippen molar-refractivity contribution in [2.75, 3.05) is 6.79 Å². The fraction of sp³-hybridized carbons (Fsp3) is 0.520.